The standard InChI is InChI=1S/C17H20BrN2S/c1-12(2)10-20-9-3-4-16(20)17-19-15(11-21-17)13-5-7-14(18)8-6-13/h5-8,11,16H,3-4,9-10H2,1-2H3. The van der Waals surface area contributed by atoms with E-state index < -0.39 is 0 Å². The first kappa shape index (κ1) is 15.2. The Kier molecular flexibility index (Phi) is 4.77. The summed E-state index contributed by atoms with van der Waals surface area (Å²) < 4.78 is 1.11. The molecule has 0 saturated carbocycles. The van der Waals surface area contributed by atoms with Crippen LogP contribution in [0.1, 0.15) is 37.7 Å². The monoisotopic (exact) mass is 363 g/mol. The van der Waals surface area contributed by atoms with Gasteiger partial charge in [0.05, 0.1) is 11.7 Å². The number of aromatic nitrogens is 1. The summed E-state index contributed by atoms with van der Waals surface area (Å²) in [6.07, 6.45) is 2.52. The highest BCUT2D eigenvalue weighted by Crippen LogP contribution is 2.36. The predicted octanol–water partition coefficient (Wildman–Crippen LogP) is 5.32. The zero-order valence-electron chi connectivity index (χ0n) is 12.5. The maximum Gasteiger partial charge on any atom is 0.110 e. The zero-order valence-corrected chi connectivity index (χ0v) is 14.9. The van der Waals surface area contributed by atoms with Crippen LogP contribution in [0.25, 0.3) is 11.3 Å². The Bertz CT molecular complexity index is 591. The number of rotatable bonds is 4. The first-order valence-electron chi connectivity index (χ1n) is 7.38. The van der Waals surface area contributed by atoms with E-state index >= 15 is 0 Å². The Balaban J connectivity index is 1.79. The minimum atomic E-state index is 0.508. The van der Waals surface area contributed by atoms with Crippen molar-refractivity contribution in [1.82, 2.24) is 9.88 Å². The Hall–Kier alpha value is -0.710. The van der Waals surface area contributed by atoms with Crippen LogP contribution < -0.4 is 0 Å². The maximum absolute atomic E-state index is 4.90. The van der Waals surface area contributed by atoms with Gasteiger partial charge in [-0.15, -0.1) is 11.3 Å². The summed E-state index contributed by atoms with van der Waals surface area (Å²) in [5, 5.41) is 3.46. The number of hydrogen-bond donors (Lipinski definition) is 0. The molecule has 2 heterocycles. The van der Waals surface area contributed by atoms with Gasteiger partial charge in [-0.3, -0.25) is 4.90 Å². The van der Waals surface area contributed by atoms with Crippen LogP contribution in [-0.2, 0) is 0 Å². The number of nitrogens with zero attached hydrogens (tertiary/aromatic N) is 2. The van der Waals surface area contributed by atoms with Gasteiger partial charge in [-0.25, -0.2) is 4.98 Å². The Labute approximate surface area is 139 Å². The average molecular weight is 364 g/mol. The first-order chi connectivity index (χ1) is 10.1. The molecule has 1 aromatic heterocycles. The first-order valence-corrected chi connectivity index (χ1v) is 9.05. The van der Waals surface area contributed by atoms with Crippen LogP contribution in [0.5, 0.6) is 0 Å². The third-order valence-corrected chi connectivity index (χ3v) is 5.30. The number of likely N-dealkylation sites (tertiary alicyclic amines) is 1. The highest BCUT2D eigenvalue weighted by Gasteiger charge is 2.28. The number of hydrogen-bond acceptors (Lipinski definition) is 3. The molecule has 1 aromatic carbocycles. The molecule has 0 N–H and O–H groups in total. The molecule has 1 atom stereocenters. The molecule has 1 aliphatic heterocycles. The third-order valence-electron chi connectivity index (χ3n) is 3.83. The van der Waals surface area contributed by atoms with Crippen molar-refractivity contribution in [2.24, 2.45) is 0 Å². The number of thiazole rings is 1. The normalized spacial score (nSPS) is 19.5. The molecule has 1 aliphatic rings. The van der Waals surface area contributed by atoms with Crippen LogP contribution in [0.2, 0.25) is 0 Å². The molecule has 0 amide bonds. The number of halogens is 1. The van der Waals surface area contributed by atoms with Gasteiger partial charge in [-0.1, -0.05) is 41.9 Å². The molecule has 1 saturated heterocycles. The average Bonchev–Trinajstić information content (AvgIpc) is 3.07. The Morgan fingerprint density at radius 3 is 2.81 bits per heavy atom. The van der Waals surface area contributed by atoms with Crippen LogP contribution in [0, 0.1) is 5.92 Å². The van der Waals surface area contributed by atoms with Gasteiger partial charge >= 0.3 is 0 Å². The van der Waals surface area contributed by atoms with E-state index in [-0.39, 0.29) is 0 Å². The fourth-order valence-corrected chi connectivity index (χ4v) is 4.16. The van der Waals surface area contributed by atoms with Crippen molar-refractivity contribution in [2.45, 2.75) is 32.7 Å². The van der Waals surface area contributed by atoms with E-state index in [0.29, 0.717) is 6.04 Å². The van der Waals surface area contributed by atoms with Crippen LogP contribution in [0.3, 0.4) is 0 Å². The topological polar surface area (TPSA) is 16.1 Å². The van der Waals surface area contributed by atoms with Gasteiger partial charge < -0.3 is 0 Å². The summed E-state index contributed by atoms with van der Waals surface area (Å²) in [5.74, 6) is 1.48. The minimum absolute atomic E-state index is 0.508. The van der Waals surface area contributed by atoms with Gasteiger partial charge in [0.2, 0.25) is 0 Å². The quantitative estimate of drug-likeness (QED) is 0.730. The molecule has 111 valence electrons. The highest BCUT2D eigenvalue weighted by molar-refractivity contribution is 9.10. The van der Waals surface area contributed by atoms with Crippen molar-refractivity contribution in [3.05, 3.63) is 45.0 Å². The molecule has 1 unspecified atom stereocenters. The lowest BCUT2D eigenvalue weighted by molar-refractivity contribution is 0.267. The second kappa shape index (κ2) is 6.59. The minimum Gasteiger partial charge on any atom is -0.293 e. The summed E-state index contributed by atoms with van der Waals surface area (Å²) in [5.41, 5.74) is 2.30. The molecule has 0 bridgehead atoms. The van der Waals surface area contributed by atoms with E-state index in [1.165, 1.54) is 35.9 Å². The summed E-state index contributed by atoms with van der Waals surface area (Å²) in [7, 11) is 0. The Morgan fingerprint density at radius 2 is 2.10 bits per heavy atom. The number of benzene rings is 1. The highest BCUT2D eigenvalue weighted by atomic mass is 79.9. The van der Waals surface area contributed by atoms with Crippen molar-refractivity contribution >= 4 is 27.3 Å². The van der Waals surface area contributed by atoms with Crippen LogP contribution in [0.4, 0.5) is 0 Å². The van der Waals surface area contributed by atoms with Crippen molar-refractivity contribution in [2.75, 3.05) is 13.1 Å². The molecule has 0 aliphatic carbocycles. The van der Waals surface area contributed by atoms with E-state index in [1.54, 1.807) is 11.3 Å². The van der Waals surface area contributed by atoms with Crippen molar-refractivity contribution in [1.29, 1.82) is 0 Å². The molecule has 1 fully saturated rings. The zero-order chi connectivity index (χ0) is 14.8. The van der Waals surface area contributed by atoms with E-state index in [0.717, 1.165) is 16.7 Å². The summed E-state index contributed by atoms with van der Waals surface area (Å²) >= 11 is 5.28. The van der Waals surface area contributed by atoms with Crippen LogP contribution in [-0.4, -0.2) is 23.0 Å². The van der Waals surface area contributed by atoms with Crippen molar-refractivity contribution in [3.8, 4) is 11.3 Å². The Morgan fingerprint density at radius 1 is 1.33 bits per heavy atom. The molecule has 21 heavy (non-hydrogen) atoms. The molecular formula is C17H20BrN2S. The second-order valence-electron chi connectivity index (χ2n) is 5.91. The molecule has 4 heteroatoms. The van der Waals surface area contributed by atoms with Gasteiger partial charge in [0.25, 0.3) is 0 Å². The maximum atomic E-state index is 4.90. The van der Waals surface area contributed by atoms with Gasteiger partial charge in [0, 0.05) is 22.0 Å². The fourth-order valence-electron chi connectivity index (χ4n) is 2.90. The lowest BCUT2D eigenvalue weighted by atomic mass is 10.1. The van der Waals surface area contributed by atoms with Crippen LogP contribution in [0.15, 0.2) is 34.1 Å². The van der Waals surface area contributed by atoms with Gasteiger partial charge in [-0.2, -0.15) is 0 Å². The summed E-state index contributed by atoms with van der Waals surface area (Å²) in [6, 6.07) is 8.91. The van der Waals surface area contributed by atoms with E-state index in [4.69, 9.17) is 4.98 Å². The molecule has 1 radical (unpaired) electrons. The lowest BCUT2D eigenvalue weighted by Gasteiger charge is -2.24. The second-order valence-corrected chi connectivity index (χ2v) is 7.72. The molecule has 2 aromatic rings. The smallest absolute Gasteiger partial charge is 0.110 e. The van der Waals surface area contributed by atoms with Gasteiger partial charge in [-0.05, 0) is 37.4 Å². The fraction of sp³-hybridized carbons (Fsp3) is 0.412. The van der Waals surface area contributed by atoms with Gasteiger partial charge in [0.1, 0.15) is 5.01 Å². The van der Waals surface area contributed by atoms with E-state index in [1.807, 2.05) is 0 Å². The van der Waals surface area contributed by atoms with Crippen molar-refractivity contribution < 1.29 is 0 Å². The van der Waals surface area contributed by atoms with E-state index in [2.05, 4.69) is 64.3 Å². The SMILES string of the molecule is C[C](C)CN1CCCC1c1nc(-c2ccc(Br)cc2)cs1. The van der Waals surface area contributed by atoms with Crippen molar-refractivity contribution in [3.63, 3.8) is 0 Å². The lowest BCUT2D eigenvalue weighted by Crippen LogP contribution is -2.26. The molecular weight excluding hydrogens is 344 g/mol. The summed E-state index contributed by atoms with van der Waals surface area (Å²) in [6.45, 7) is 6.72. The largest absolute Gasteiger partial charge is 0.293 e. The van der Waals surface area contributed by atoms with Gasteiger partial charge in [0.15, 0.2) is 0 Å². The summed E-state index contributed by atoms with van der Waals surface area (Å²) in [4.78, 5) is 7.47. The molecule has 3 rings (SSSR count). The third kappa shape index (κ3) is 3.55. The molecule has 2 nitrogen and oxygen atoms in total. The predicted molar refractivity (Wildman–Crippen MR) is 93.4 cm³/mol. The van der Waals surface area contributed by atoms with E-state index in [9.17, 15) is 0 Å². The van der Waals surface area contributed by atoms with Crippen LogP contribution >= 0.6 is 27.3 Å². The molecule has 0 spiro atoms.